The van der Waals surface area contributed by atoms with E-state index in [0.717, 1.165) is 13.0 Å². The molecule has 0 aliphatic carbocycles. The smallest absolute Gasteiger partial charge is 0.339 e. The molecule has 0 saturated carbocycles. The zero-order valence-electron chi connectivity index (χ0n) is 10.1. The molecule has 0 bridgehead atoms. The second-order valence-corrected chi connectivity index (χ2v) is 3.93. The SMILES string of the molecule is CCCCCCNCc1ncncc1C(=O)O. The minimum atomic E-state index is -0.978. The van der Waals surface area contributed by atoms with Gasteiger partial charge in [0.15, 0.2) is 0 Å². The molecule has 2 N–H and O–H groups in total. The normalized spacial score (nSPS) is 10.4. The van der Waals surface area contributed by atoms with Gasteiger partial charge in [0, 0.05) is 12.7 Å². The third kappa shape index (κ3) is 4.91. The van der Waals surface area contributed by atoms with Gasteiger partial charge in [-0.1, -0.05) is 26.2 Å². The van der Waals surface area contributed by atoms with Crippen LogP contribution in [-0.2, 0) is 6.54 Å². The van der Waals surface area contributed by atoms with E-state index >= 15 is 0 Å². The molecule has 0 fully saturated rings. The fourth-order valence-corrected chi connectivity index (χ4v) is 1.56. The predicted molar refractivity (Wildman–Crippen MR) is 64.8 cm³/mol. The lowest BCUT2D eigenvalue weighted by atomic mass is 10.2. The van der Waals surface area contributed by atoms with Crippen LogP contribution in [0.1, 0.15) is 48.7 Å². The summed E-state index contributed by atoms with van der Waals surface area (Å²) in [6, 6.07) is 0. The van der Waals surface area contributed by atoms with Crippen LogP contribution in [-0.4, -0.2) is 27.6 Å². The van der Waals surface area contributed by atoms with E-state index in [1.807, 2.05) is 0 Å². The largest absolute Gasteiger partial charge is 0.478 e. The number of carboxylic acid groups (broad SMARTS) is 1. The maximum Gasteiger partial charge on any atom is 0.339 e. The van der Waals surface area contributed by atoms with Gasteiger partial charge < -0.3 is 10.4 Å². The van der Waals surface area contributed by atoms with E-state index in [1.54, 1.807) is 0 Å². The summed E-state index contributed by atoms with van der Waals surface area (Å²) in [5.74, 6) is -0.978. The van der Waals surface area contributed by atoms with E-state index in [-0.39, 0.29) is 5.56 Å². The van der Waals surface area contributed by atoms with Crippen LogP contribution in [0.15, 0.2) is 12.5 Å². The third-order valence-corrected chi connectivity index (χ3v) is 2.52. The number of nitrogens with zero attached hydrogens (tertiary/aromatic N) is 2. The quantitative estimate of drug-likeness (QED) is 0.675. The molecular formula is C12H19N3O2. The first-order chi connectivity index (χ1) is 8.25. The standard InChI is InChI=1S/C12H19N3O2/c1-2-3-4-5-6-13-8-11-10(12(16)17)7-14-9-15-11/h7,9,13H,2-6,8H2,1H3,(H,16,17). The van der Waals surface area contributed by atoms with Crippen LogP contribution in [0.5, 0.6) is 0 Å². The number of aromatic nitrogens is 2. The minimum Gasteiger partial charge on any atom is -0.478 e. The highest BCUT2D eigenvalue weighted by Crippen LogP contribution is 2.03. The third-order valence-electron chi connectivity index (χ3n) is 2.52. The van der Waals surface area contributed by atoms with Crippen molar-refractivity contribution < 1.29 is 9.90 Å². The Bertz CT molecular complexity index is 355. The van der Waals surface area contributed by atoms with Gasteiger partial charge in [0.1, 0.15) is 11.9 Å². The summed E-state index contributed by atoms with van der Waals surface area (Å²) < 4.78 is 0. The first kappa shape index (κ1) is 13.6. The number of aromatic carboxylic acids is 1. The zero-order chi connectivity index (χ0) is 12.5. The lowest BCUT2D eigenvalue weighted by Gasteiger charge is -2.06. The van der Waals surface area contributed by atoms with Crippen LogP contribution in [0.4, 0.5) is 0 Å². The van der Waals surface area contributed by atoms with Crippen molar-refractivity contribution in [2.45, 2.75) is 39.2 Å². The van der Waals surface area contributed by atoms with Crippen LogP contribution in [0.3, 0.4) is 0 Å². The minimum absolute atomic E-state index is 0.175. The number of nitrogens with one attached hydrogen (secondary N) is 1. The van der Waals surface area contributed by atoms with Crippen molar-refractivity contribution in [2.75, 3.05) is 6.54 Å². The van der Waals surface area contributed by atoms with Gasteiger partial charge in [-0.2, -0.15) is 0 Å². The molecule has 1 aromatic rings. The summed E-state index contributed by atoms with van der Waals surface area (Å²) in [5, 5.41) is 12.1. The van der Waals surface area contributed by atoms with Gasteiger partial charge in [-0.25, -0.2) is 14.8 Å². The van der Waals surface area contributed by atoms with E-state index in [9.17, 15) is 4.79 Å². The fourth-order valence-electron chi connectivity index (χ4n) is 1.56. The van der Waals surface area contributed by atoms with Gasteiger partial charge in [-0.05, 0) is 13.0 Å². The molecule has 0 spiro atoms. The number of hydrogen-bond acceptors (Lipinski definition) is 4. The van der Waals surface area contributed by atoms with Crippen molar-refractivity contribution >= 4 is 5.97 Å². The monoisotopic (exact) mass is 237 g/mol. The molecule has 5 nitrogen and oxygen atoms in total. The maximum atomic E-state index is 10.9. The summed E-state index contributed by atoms with van der Waals surface area (Å²) >= 11 is 0. The highest BCUT2D eigenvalue weighted by molar-refractivity contribution is 5.88. The Balaban J connectivity index is 2.34. The lowest BCUT2D eigenvalue weighted by molar-refractivity contribution is 0.0694. The number of unbranched alkanes of at least 4 members (excludes halogenated alkanes) is 3. The van der Waals surface area contributed by atoms with Gasteiger partial charge in [-0.3, -0.25) is 0 Å². The van der Waals surface area contributed by atoms with Crippen molar-refractivity contribution in [3.8, 4) is 0 Å². The highest BCUT2D eigenvalue weighted by atomic mass is 16.4. The summed E-state index contributed by atoms with van der Waals surface area (Å²) in [6.45, 7) is 3.55. The lowest BCUT2D eigenvalue weighted by Crippen LogP contribution is -2.18. The molecule has 1 aromatic heterocycles. The Kier molecular flexibility index (Phi) is 6.17. The summed E-state index contributed by atoms with van der Waals surface area (Å²) in [4.78, 5) is 18.6. The molecule has 0 radical (unpaired) electrons. The molecule has 1 heterocycles. The van der Waals surface area contributed by atoms with Crippen molar-refractivity contribution in [1.29, 1.82) is 0 Å². The van der Waals surface area contributed by atoms with Crippen molar-refractivity contribution in [3.63, 3.8) is 0 Å². The van der Waals surface area contributed by atoms with E-state index in [1.165, 1.54) is 31.8 Å². The summed E-state index contributed by atoms with van der Waals surface area (Å²) in [6.07, 6.45) is 7.50. The zero-order valence-corrected chi connectivity index (χ0v) is 10.1. The van der Waals surface area contributed by atoms with Gasteiger partial charge in [-0.15, -0.1) is 0 Å². The number of carbonyl (C=O) groups is 1. The van der Waals surface area contributed by atoms with Gasteiger partial charge in [0.05, 0.1) is 5.69 Å². The van der Waals surface area contributed by atoms with E-state index in [0.29, 0.717) is 12.2 Å². The Morgan fingerprint density at radius 2 is 2.24 bits per heavy atom. The molecule has 0 aliphatic heterocycles. The van der Waals surface area contributed by atoms with Gasteiger partial charge in [0.2, 0.25) is 0 Å². The van der Waals surface area contributed by atoms with Crippen LogP contribution in [0.25, 0.3) is 0 Å². The summed E-state index contributed by atoms with van der Waals surface area (Å²) in [7, 11) is 0. The fraction of sp³-hybridized carbons (Fsp3) is 0.583. The van der Waals surface area contributed by atoms with E-state index in [2.05, 4.69) is 22.2 Å². The average molecular weight is 237 g/mol. The number of rotatable bonds is 8. The Labute approximate surface area is 101 Å². The molecule has 5 heteroatoms. The van der Waals surface area contributed by atoms with Crippen LogP contribution in [0, 0.1) is 0 Å². The van der Waals surface area contributed by atoms with Crippen LogP contribution in [0.2, 0.25) is 0 Å². The second kappa shape index (κ2) is 7.73. The second-order valence-electron chi connectivity index (χ2n) is 3.93. The predicted octanol–water partition coefficient (Wildman–Crippen LogP) is 1.84. The molecule has 0 atom stereocenters. The molecule has 0 unspecified atom stereocenters. The topological polar surface area (TPSA) is 75.1 Å². The van der Waals surface area contributed by atoms with Gasteiger partial charge in [0.25, 0.3) is 0 Å². The Morgan fingerprint density at radius 1 is 1.41 bits per heavy atom. The molecule has 0 aliphatic rings. The van der Waals surface area contributed by atoms with Gasteiger partial charge >= 0.3 is 5.97 Å². The maximum absolute atomic E-state index is 10.9. The van der Waals surface area contributed by atoms with Crippen molar-refractivity contribution in [1.82, 2.24) is 15.3 Å². The molecule has 94 valence electrons. The molecule has 0 aromatic carbocycles. The van der Waals surface area contributed by atoms with Crippen molar-refractivity contribution in [2.24, 2.45) is 0 Å². The summed E-state index contributed by atoms with van der Waals surface area (Å²) in [5.41, 5.74) is 0.719. The Hall–Kier alpha value is -1.49. The molecule has 17 heavy (non-hydrogen) atoms. The van der Waals surface area contributed by atoms with Crippen LogP contribution >= 0.6 is 0 Å². The van der Waals surface area contributed by atoms with Crippen LogP contribution < -0.4 is 5.32 Å². The number of carboxylic acids is 1. The first-order valence-electron chi connectivity index (χ1n) is 5.98. The molecule has 0 amide bonds. The first-order valence-corrected chi connectivity index (χ1v) is 5.98. The Morgan fingerprint density at radius 3 is 2.94 bits per heavy atom. The molecular weight excluding hydrogens is 218 g/mol. The average Bonchev–Trinajstić information content (AvgIpc) is 2.34. The molecule has 1 rings (SSSR count). The van der Waals surface area contributed by atoms with E-state index in [4.69, 9.17) is 5.11 Å². The number of hydrogen-bond donors (Lipinski definition) is 2. The molecule has 0 saturated heterocycles. The van der Waals surface area contributed by atoms with Crippen molar-refractivity contribution in [3.05, 3.63) is 23.8 Å². The van der Waals surface area contributed by atoms with E-state index < -0.39 is 5.97 Å². The highest BCUT2D eigenvalue weighted by Gasteiger charge is 2.10.